The summed E-state index contributed by atoms with van der Waals surface area (Å²) in [5.74, 6) is 0.857. The third-order valence-electron chi connectivity index (χ3n) is 4.28. The maximum atomic E-state index is 9.73. The van der Waals surface area contributed by atoms with Gasteiger partial charge in [0.25, 0.3) is 0 Å². The fraction of sp³-hybridized carbons (Fsp3) is 0.182. The van der Waals surface area contributed by atoms with Gasteiger partial charge in [0.05, 0.1) is 7.11 Å². The molecule has 1 atom stereocenters. The fourth-order valence-corrected chi connectivity index (χ4v) is 5.93. The van der Waals surface area contributed by atoms with Gasteiger partial charge in [0.1, 0.15) is 5.75 Å². The Morgan fingerprint density at radius 2 is 1.32 bits per heavy atom. The lowest BCUT2D eigenvalue weighted by Crippen LogP contribution is -2.18. The van der Waals surface area contributed by atoms with Crippen LogP contribution in [0.25, 0.3) is 0 Å². The molecule has 0 radical (unpaired) electrons. The van der Waals surface area contributed by atoms with E-state index in [1.54, 1.807) is 7.11 Å². The van der Waals surface area contributed by atoms with E-state index in [0.717, 1.165) is 12.2 Å². The Labute approximate surface area is 150 Å². The molecule has 0 aromatic heterocycles. The predicted molar refractivity (Wildman–Crippen MR) is 107 cm³/mol. The van der Waals surface area contributed by atoms with E-state index < -0.39 is 7.92 Å². The van der Waals surface area contributed by atoms with Crippen LogP contribution in [0.3, 0.4) is 0 Å². The quantitative estimate of drug-likeness (QED) is 0.646. The van der Waals surface area contributed by atoms with Gasteiger partial charge < -0.3 is 9.84 Å². The number of rotatable bonds is 7. The highest BCUT2D eigenvalue weighted by atomic mass is 31.1. The number of aliphatic hydroxyl groups excluding tert-OH is 1. The largest absolute Gasteiger partial charge is 0.497 e. The Kier molecular flexibility index (Phi) is 6.22. The molecule has 0 saturated carbocycles. The number of methoxy groups -OCH3 is 1. The maximum Gasteiger partial charge on any atom is 0.118 e. The van der Waals surface area contributed by atoms with Crippen LogP contribution in [0.15, 0.2) is 84.9 Å². The molecule has 2 nitrogen and oxygen atoms in total. The van der Waals surface area contributed by atoms with Gasteiger partial charge in [-0.15, -0.1) is 0 Å². The Balaban J connectivity index is 2.06. The van der Waals surface area contributed by atoms with Gasteiger partial charge in [-0.3, -0.25) is 0 Å². The molecule has 0 heterocycles. The van der Waals surface area contributed by atoms with Crippen LogP contribution in [0.4, 0.5) is 0 Å². The first-order chi connectivity index (χ1) is 12.3. The van der Waals surface area contributed by atoms with Crippen molar-refractivity contribution in [1.29, 1.82) is 0 Å². The molecule has 0 aliphatic carbocycles. The van der Waals surface area contributed by atoms with Gasteiger partial charge in [-0.05, 0) is 42.6 Å². The summed E-state index contributed by atoms with van der Waals surface area (Å²) in [6.45, 7) is 0.176. The lowest BCUT2D eigenvalue weighted by molar-refractivity contribution is 0.287. The highest BCUT2D eigenvalue weighted by Crippen LogP contribution is 2.51. The molecule has 3 aromatic rings. The molecule has 1 N–H and O–H groups in total. The molecule has 3 heteroatoms. The van der Waals surface area contributed by atoms with Crippen LogP contribution in [0.1, 0.15) is 17.6 Å². The van der Waals surface area contributed by atoms with Crippen molar-refractivity contribution in [1.82, 2.24) is 0 Å². The molecule has 0 amide bonds. The summed E-state index contributed by atoms with van der Waals surface area (Å²) in [5.41, 5.74) is 1.50. The van der Waals surface area contributed by atoms with Crippen LogP contribution in [0, 0.1) is 0 Å². The van der Waals surface area contributed by atoms with Gasteiger partial charge in [0.15, 0.2) is 0 Å². The van der Waals surface area contributed by atoms with Crippen molar-refractivity contribution in [2.45, 2.75) is 12.1 Å². The smallest absolute Gasteiger partial charge is 0.118 e. The lowest BCUT2D eigenvalue weighted by atomic mass is 10.1. The van der Waals surface area contributed by atoms with Gasteiger partial charge in [-0.1, -0.05) is 72.8 Å². The summed E-state index contributed by atoms with van der Waals surface area (Å²) in [5, 5.41) is 12.4. The van der Waals surface area contributed by atoms with Crippen molar-refractivity contribution in [3.8, 4) is 5.75 Å². The minimum absolute atomic E-state index is 0.176. The van der Waals surface area contributed by atoms with E-state index in [9.17, 15) is 5.11 Å². The zero-order chi connectivity index (χ0) is 17.5. The Morgan fingerprint density at radius 1 is 0.800 bits per heavy atom. The van der Waals surface area contributed by atoms with Crippen molar-refractivity contribution in [3.63, 3.8) is 0 Å². The van der Waals surface area contributed by atoms with E-state index in [1.165, 1.54) is 16.2 Å². The number of benzene rings is 3. The van der Waals surface area contributed by atoms with Gasteiger partial charge in [-0.2, -0.15) is 0 Å². The highest BCUT2D eigenvalue weighted by molar-refractivity contribution is 7.73. The molecule has 25 heavy (non-hydrogen) atoms. The molecular weight excluding hydrogens is 327 g/mol. The summed E-state index contributed by atoms with van der Waals surface area (Å²) in [4.78, 5) is 0. The molecule has 0 bridgehead atoms. The van der Waals surface area contributed by atoms with E-state index in [4.69, 9.17) is 4.74 Å². The van der Waals surface area contributed by atoms with E-state index in [2.05, 4.69) is 72.8 Å². The van der Waals surface area contributed by atoms with E-state index in [-0.39, 0.29) is 12.3 Å². The van der Waals surface area contributed by atoms with Gasteiger partial charge >= 0.3 is 0 Å². The van der Waals surface area contributed by atoms with Crippen molar-refractivity contribution in [2.75, 3.05) is 13.7 Å². The van der Waals surface area contributed by atoms with Crippen LogP contribution in [0.5, 0.6) is 5.75 Å². The average Bonchev–Trinajstić information content (AvgIpc) is 2.69. The fourth-order valence-electron chi connectivity index (χ4n) is 3.08. The van der Waals surface area contributed by atoms with Crippen LogP contribution < -0.4 is 15.3 Å². The van der Waals surface area contributed by atoms with Crippen molar-refractivity contribution in [2.24, 2.45) is 0 Å². The van der Waals surface area contributed by atoms with Crippen molar-refractivity contribution < 1.29 is 9.84 Å². The summed E-state index contributed by atoms with van der Waals surface area (Å²) in [6.07, 6.45) is 0.738. The average molecular weight is 350 g/mol. The van der Waals surface area contributed by atoms with E-state index >= 15 is 0 Å². The first kappa shape index (κ1) is 17.7. The first-order valence-corrected chi connectivity index (χ1v) is 9.88. The van der Waals surface area contributed by atoms with Crippen LogP contribution in [0.2, 0.25) is 0 Å². The summed E-state index contributed by atoms with van der Waals surface area (Å²) >= 11 is 0. The van der Waals surface area contributed by atoms with Crippen molar-refractivity contribution in [3.05, 3.63) is 90.5 Å². The van der Waals surface area contributed by atoms with Gasteiger partial charge in [-0.25, -0.2) is 0 Å². The third kappa shape index (κ3) is 4.28. The molecule has 0 fully saturated rings. The van der Waals surface area contributed by atoms with Crippen molar-refractivity contribution >= 4 is 18.5 Å². The number of aliphatic hydroxyl groups is 1. The zero-order valence-corrected chi connectivity index (χ0v) is 15.3. The number of hydrogen-bond donors (Lipinski definition) is 1. The number of hydrogen-bond acceptors (Lipinski definition) is 2. The molecule has 3 rings (SSSR count). The van der Waals surface area contributed by atoms with Crippen LogP contribution in [-0.4, -0.2) is 18.8 Å². The zero-order valence-electron chi connectivity index (χ0n) is 14.4. The second-order valence-corrected chi connectivity index (χ2v) is 8.24. The Morgan fingerprint density at radius 3 is 1.76 bits per heavy atom. The molecule has 128 valence electrons. The van der Waals surface area contributed by atoms with Crippen LogP contribution in [-0.2, 0) is 0 Å². The molecule has 3 aromatic carbocycles. The van der Waals surface area contributed by atoms with Gasteiger partial charge in [0, 0.05) is 12.3 Å². The summed E-state index contributed by atoms with van der Waals surface area (Å²) in [7, 11) is 1.07. The van der Waals surface area contributed by atoms with E-state index in [0.29, 0.717) is 0 Å². The van der Waals surface area contributed by atoms with Gasteiger partial charge in [0.2, 0.25) is 0 Å². The topological polar surface area (TPSA) is 29.5 Å². The predicted octanol–water partition coefficient (Wildman–Crippen LogP) is 4.25. The maximum absolute atomic E-state index is 9.73. The highest BCUT2D eigenvalue weighted by Gasteiger charge is 2.25. The Bertz CT molecular complexity index is 718. The second kappa shape index (κ2) is 8.80. The minimum Gasteiger partial charge on any atom is -0.497 e. The molecule has 0 aliphatic heterocycles. The molecule has 0 aliphatic rings. The molecule has 0 saturated heterocycles. The normalized spacial score (nSPS) is 12.1. The first-order valence-electron chi connectivity index (χ1n) is 8.47. The second-order valence-electron chi connectivity index (χ2n) is 5.84. The molecule has 0 unspecified atom stereocenters. The Hall–Kier alpha value is -2.15. The third-order valence-corrected chi connectivity index (χ3v) is 7.17. The summed E-state index contributed by atoms with van der Waals surface area (Å²) < 4.78 is 5.29. The van der Waals surface area contributed by atoms with E-state index in [1.807, 2.05) is 12.1 Å². The minimum atomic E-state index is -0.611. The standard InChI is InChI=1S/C22H23O2P/c1-24-19-14-12-18(13-15-19)22(16-17-23)25(20-8-4-2-5-9-20)21-10-6-3-7-11-21/h2-15,22-23H,16-17H2,1H3/t22-/m0/s1. The molecular formula is C22H23O2P. The summed E-state index contributed by atoms with van der Waals surface area (Å²) in [6, 6.07) is 29.5. The van der Waals surface area contributed by atoms with Crippen LogP contribution >= 0.6 is 7.92 Å². The lowest BCUT2D eigenvalue weighted by Gasteiger charge is -2.29. The molecule has 0 spiro atoms. The number of ether oxygens (including phenoxy) is 1. The monoisotopic (exact) mass is 350 g/mol. The SMILES string of the molecule is COc1ccc([C@H](CCO)P(c2ccccc2)c2ccccc2)cc1.